The summed E-state index contributed by atoms with van der Waals surface area (Å²) in [5.41, 5.74) is 0. The van der Waals surface area contributed by atoms with E-state index in [9.17, 15) is 9.59 Å². The lowest BCUT2D eigenvalue weighted by Crippen LogP contribution is -2.43. The number of hydrogen-bond acceptors (Lipinski definition) is 2. The molecular formula is C12H22N2O3. The van der Waals surface area contributed by atoms with Gasteiger partial charge in [0.2, 0.25) is 0 Å². The van der Waals surface area contributed by atoms with E-state index in [1.807, 2.05) is 14.0 Å². The normalized spacial score (nSPS) is 17.8. The van der Waals surface area contributed by atoms with Crippen molar-refractivity contribution in [2.45, 2.75) is 45.1 Å². The number of carboxylic acid groups (broad SMARTS) is 1. The lowest BCUT2D eigenvalue weighted by Gasteiger charge is -2.25. The summed E-state index contributed by atoms with van der Waals surface area (Å²) in [5.74, 6) is -0.857. The maximum absolute atomic E-state index is 11.8. The maximum Gasteiger partial charge on any atom is 0.317 e. The van der Waals surface area contributed by atoms with Gasteiger partial charge in [0.25, 0.3) is 0 Å². The number of carboxylic acids is 1. The summed E-state index contributed by atoms with van der Waals surface area (Å²) in [4.78, 5) is 24.0. The third-order valence-corrected chi connectivity index (χ3v) is 3.32. The van der Waals surface area contributed by atoms with Crippen molar-refractivity contribution in [3.63, 3.8) is 0 Å². The molecule has 1 atom stereocenters. The Morgan fingerprint density at radius 1 is 1.41 bits per heavy atom. The average molecular weight is 242 g/mol. The smallest absolute Gasteiger partial charge is 0.317 e. The van der Waals surface area contributed by atoms with E-state index >= 15 is 0 Å². The molecule has 0 aromatic heterocycles. The molecule has 5 nitrogen and oxygen atoms in total. The quantitative estimate of drug-likeness (QED) is 0.770. The molecule has 0 aromatic rings. The molecule has 0 spiro atoms. The highest BCUT2D eigenvalue weighted by molar-refractivity contribution is 5.74. The Labute approximate surface area is 102 Å². The van der Waals surface area contributed by atoms with Gasteiger partial charge in [-0.3, -0.25) is 4.79 Å². The van der Waals surface area contributed by atoms with Crippen LogP contribution in [0.5, 0.6) is 0 Å². The molecule has 1 fully saturated rings. The molecule has 1 aliphatic rings. The number of aliphatic carboxylic acids is 1. The molecule has 1 aliphatic carbocycles. The highest BCUT2D eigenvalue weighted by Crippen LogP contribution is 2.22. The molecule has 1 rings (SSSR count). The zero-order valence-corrected chi connectivity index (χ0v) is 10.6. The molecule has 17 heavy (non-hydrogen) atoms. The van der Waals surface area contributed by atoms with Gasteiger partial charge in [0, 0.05) is 26.1 Å². The predicted molar refractivity (Wildman–Crippen MR) is 64.8 cm³/mol. The molecule has 5 heteroatoms. The highest BCUT2D eigenvalue weighted by Gasteiger charge is 2.23. The Balaban J connectivity index is 2.26. The van der Waals surface area contributed by atoms with Crippen molar-refractivity contribution < 1.29 is 14.7 Å². The van der Waals surface area contributed by atoms with Gasteiger partial charge in [0.1, 0.15) is 0 Å². The van der Waals surface area contributed by atoms with Crippen molar-refractivity contribution in [2.75, 3.05) is 13.6 Å². The van der Waals surface area contributed by atoms with Crippen molar-refractivity contribution in [1.29, 1.82) is 0 Å². The Kier molecular flexibility index (Phi) is 5.25. The highest BCUT2D eigenvalue weighted by atomic mass is 16.4. The standard InChI is InChI=1S/C12H22N2O3/c1-9(7-11(15)16)8-13-12(17)14(2)10-5-3-4-6-10/h9-10H,3-8H2,1-2H3,(H,13,17)(H,15,16). The van der Waals surface area contributed by atoms with Crippen LogP contribution in [0.15, 0.2) is 0 Å². The van der Waals surface area contributed by atoms with E-state index in [0.717, 1.165) is 12.8 Å². The minimum absolute atomic E-state index is 0.0339. The fourth-order valence-corrected chi connectivity index (χ4v) is 2.21. The molecule has 0 bridgehead atoms. The first-order valence-electron chi connectivity index (χ1n) is 6.23. The lowest BCUT2D eigenvalue weighted by atomic mass is 10.1. The van der Waals surface area contributed by atoms with Crippen molar-refractivity contribution >= 4 is 12.0 Å². The summed E-state index contributed by atoms with van der Waals surface area (Å²) in [6, 6.07) is 0.263. The molecule has 0 radical (unpaired) electrons. The number of nitrogens with zero attached hydrogens (tertiary/aromatic N) is 1. The van der Waals surface area contributed by atoms with Crippen LogP contribution in [0.2, 0.25) is 0 Å². The number of amides is 2. The number of carbonyl (C=O) groups excluding carboxylic acids is 1. The van der Waals surface area contributed by atoms with Gasteiger partial charge in [0.15, 0.2) is 0 Å². The zero-order valence-electron chi connectivity index (χ0n) is 10.6. The van der Waals surface area contributed by atoms with Crippen molar-refractivity contribution in [1.82, 2.24) is 10.2 Å². The summed E-state index contributed by atoms with van der Waals surface area (Å²) >= 11 is 0. The summed E-state index contributed by atoms with van der Waals surface area (Å²) in [7, 11) is 1.81. The molecule has 2 amide bonds. The van der Waals surface area contributed by atoms with Crippen LogP contribution in [0.3, 0.4) is 0 Å². The number of nitrogens with one attached hydrogen (secondary N) is 1. The third-order valence-electron chi connectivity index (χ3n) is 3.32. The first-order valence-corrected chi connectivity index (χ1v) is 6.23. The van der Waals surface area contributed by atoms with Crippen LogP contribution in [0.4, 0.5) is 4.79 Å². The zero-order chi connectivity index (χ0) is 12.8. The Morgan fingerprint density at radius 2 is 2.00 bits per heavy atom. The Hall–Kier alpha value is -1.26. The maximum atomic E-state index is 11.8. The van der Waals surface area contributed by atoms with Gasteiger partial charge in [-0.2, -0.15) is 0 Å². The SMILES string of the molecule is CC(CNC(=O)N(C)C1CCCC1)CC(=O)O. The van der Waals surface area contributed by atoms with Crippen LogP contribution >= 0.6 is 0 Å². The molecule has 0 saturated heterocycles. The summed E-state index contributed by atoms with van der Waals surface area (Å²) in [5, 5.41) is 11.4. The van der Waals surface area contributed by atoms with E-state index in [1.54, 1.807) is 4.90 Å². The molecule has 0 aromatic carbocycles. The van der Waals surface area contributed by atoms with Crippen LogP contribution in [0.25, 0.3) is 0 Å². The number of urea groups is 1. The number of carbonyl (C=O) groups is 2. The minimum atomic E-state index is -0.823. The third kappa shape index (κ3) is 4.63. The predicted octanol–water partition coefficient (Wildman–Crippen LogP) is 1.68. The van der Waals surface area contributed by atoms with Crippen LogP contribution < -0.4 is 5.32 Å². The van der Waals surface area contributed by atoms with E-state index in [2.05, 4.69) is 5.32 Å². The minimum Gasteiger partial charge on any atom is -0.481 e. The fourth-order valence-electron chi connectivity index (χ4n) is 2.21. The number of hydrogen-bond donors (Lipinski definition) is 2. The van der Waals surface area contributed by atoms with Crippen LogP contribution in [-0.2, 0) is 4.79 Å². The second kappa shape index (κ2) is 6.47. The fraction of sp³-hybridized carbons (Fsp3) is 0.833. The van der Waals surface area contributed by atoms with E-state index in [-0.39, 0.29) is 18.4 Å². The summed E-state index contributed by atoms with van der Waals surface area (Å²) in [6.07, 6.45) is 4.63. The van der Waals surface area contributed by atoms with Gasteiger partial charge in [-0.1, -0.05) is 19.8 Å². The van der Waals surface area contributed by atoms with Crippen molar-refractivity contribution in [3.05, 3.63) is 0 Å². The van der Waals surface area contributed by atoms with Gasteiger partial charge in [0.05, 0.1) is 0 Å². The lowest BCUT2D eigenvalue weighted by molar-refractivity contribution is -0.137. The molecule has 1 saturated carbocycles. The molecule has 98 valence electrons. The molecule has 2 N–H and O–H groups in total. The van der Waals surface area contributed by atoms with E-state index in [1.165, 1.54) is 12.8 Å². The average Bonchev–Trinajstić information content (AvgIpc) is 2.77. The summed E-state index contributed by atoms with van der Waals surface area (Å²) in [6.45, 7) is 2.24. The van der Waals surface area contributed by atoms with E-state index < -0.39 is 5.97 Å². The first kappa shape index (κ1) is 13.8. The largest absolute Gasteiger partial charge is 0.481 e. The second-order valence-corrected chi connectivity index (χ2v) is 4.94. The molecule has 0 heterocycles. The second-order valence-electron chi connectivity index (χ2n) is 4.94. The van der Waals surface area contributed by atoms with Gasteiger partial charge in [-0.25, -0.2) is 4.79 Å². The van der Waals surface area contributed by atoms with Crippen LogP contribution in [-0.4, -0.2) is 41.6 Å². The summed E-state index contributed by atoms with van der Waals surface area (Å²) < 4.78 is 0. The van der Waals surface area contributed by atoms with E-state index in [0.29, 0.717) is 12.6 Å². The number of rotatable bonds is 5. The van der Waals surface area contributed by atoms with Gasteiger partial charge in [-0.05, 0) is 18.8 Å². The Morgan fingerprint density at radius 3 is 2.53 bits per heavy atom. The molecule has 1 unspecified atom stereocenters. The van der Waals surface area contributed by atoms with Gasteiger partial charge >= 0.3 is 12.0 Å². The molecule has 0 aliphatic heterocycles. The van der Waals surface area contributed by atoms with Crippen molar-refractivity contribution in [2.24, 2.45) is 5.92 Å². The Bertz CT molecular complexity index is 275. The monoisotopic (exact) mass is 242 g/mol. The van der Waals surface area contributed by atoms with Gasteiger partial charge in [-0.15, -0.1) is 0 Å². The van der Waals surface area contributed by atoms with Crippen molar-refractivity contribution in [3.8, 4) is 0 Å². The van der Waals surface area contributed by atoms with Crippen LogP contribution in [0, 0.1) is 5.92 Å². The van der Waals surface area contributed by atoms with Gasteiger partial charge < -0.3 is 15.3 Å². The van der Waals surface area contributed by atoms with E-state index in [4.69, 9.17) is 5.11 Å². The van der Waals surface area contributed by atoms with Crippen LogP contribution in [0.1, 0.15) is 39.0 Å². The topological polar surface area (TPSA) is 69.6 Å². The molecular weight excluding hydrogens is 220 g/mol. The first-order chi connectivity index (χ1) is 8.00.